The third-order valence-corrected chi connectivity index (χ3v) is 8.46. The quantitative estimate of drug-likeness (QED) is 0.204. The van der Waals surface area contributed by atoms with E-state index < -0.39 is 0 Å². The lowest BCUT2D eigenvalue weighted by Crippen LogP contribution is -1.86. The first kappa shape index (κ1) is 24.4. The van der Waals surface area contributed by atoms with Gasteiger partial charge in [-0.15, -0.1) is 0 Å². The lowest BCUT2D eigenvalue weighted by atomic mass is 10.1. The lowest BCUT2D eigenvalue weighted by molar-refractivity contribution is 1.33. The Bertz CT molecular complexity index is 1620. The zero-order valence-electron chi connectivity index (χ0n) is 20.8. The third kappa shape index (κ3) is 5.78. The standard InChI is InChI=1S/C36H26S2/c1-4-11-27(12-5-1)29-19-21-32(22-20-29)37-34-23-24-36(35(26-34)30-15-8-3-9-16-30)38-33-18-10-17-31(25-33)28-13-6-2-7-14-28/h1-26H. The molecule has 182 valence electrons. The van der Waals surface area contributed by atoms with Crippen molar-refractivity contribution in [2.45, 2.75) is 19.6 Å². The number of rotatable bonds is 7. The second-order valence-electron chi connectivity index (χ2n) is 9.01. The SMILES string of the molecule is c1ccc(-c2ccc(Sc3ccc(Sc4cccc(-c5ccccc5)c4)c(-c4ccccc4)c3)cc2)cc1. The molecule has 0 aliphatic carbocycles. The molecule has 0 unspecified atom stereocenters. The number of benzene rings is 6. The van der Waals surface area contributed by atoms with Crippen molar-refractivity contribution in [2.24, 2.45) is 0 Å². The van der Waals surface area contributed by atoms with E-state index in [-0.39, 0.29) is 0 Å². The van der Waals surface area contributed by atoms with Crippen molar-refractivity contribution in [3.63, 3.8) is 0 Å². The lowest BCUT2D eigenvalue weighted by Gasteiger charge is -2.13. The normalized spacial score (nSPS) is 10.8. The van der Waals surface area contributed by atoms with Gasteiger partial charge in [0.15, 0.2) is 0 Å². The van der Waals surface area contributed by atoms with Gasteiger partial charge in [-0.25, -0.2) is 0 Å². The first-order chi connectivity index (χ1) is 18.8. The zero-order valence-corrected chi connectivity index (χ0v) is 22.5. The van der Waals surface area contributed by atoms with Crippen molar-refractivity contribution in [1.29, 1.82) is 0 Å². The van der Waals surface area contributed by atoms with Crippen molar-refractivity contribution in [1.82, 2.24) is 0 Å². The molecule has 38 heavy (non-hydrogen) atoms. The topological polar surface area (TPSA) is 0 Å². The first-order valence-corrected chi connectivity index (χ1v) is 14.3. The van der Waals surface area contributed by atoms with Crippen LogP contribution in [0.5, 0.6) is 0 Å². The van der Waals surface area contributed by atoms with E-state index in [1.165, 1.54) is 53.0 Å². The molecule has 0 saturated heterocycles. The van der Waals surface area contributed by atoms with Crippen LogP contribution < -0.4 is 0 Å². The smallest absolute Gasteiger partial charge is 0.0201 e. The van der Waals surface area contributed by atoms with E-state index in [1.807, 2.05) is 11.8 Å². The van der Waals surface area contributed by atoms with Crippen molar-refractivity contribution in [3.05, 3.63) is 158 Å². The fourth-order valence-corrected chi connectivity index (χ4v) is 6.35. The predicted octanol–water partition coefficient (Wildman–Crippen LogP) is 11.0. The average Bonchev–Trinajstić information content (AvgIpc) is 3.00. The third-order valence-electron chi connectivity index (χ3n) is 6.40. The van der Waals surface area contributed by atoms with E-state index in [4.69, 9.17) is 0 Å². The van der Waals surface area contributed by atoms with E-state index in [0.29, 0.717) is 0 Å². The highest BCUT2D eigenvalue weighted by molar-refractivity contribution is 8.00. The number of hydrogen-bond acceptors (Lipinski definition) is 2. The van der Waals surface area contributed by atoms with Crippen LogP contribution in [0.15, 0.2) is 177 Å². The van der Waals surface area contributed by atoms with Crippen LogP contribution in [0.25, 0.3) is 33.4 Å². The van der Waals surface area contributed by atoms with E-state index >= 15 is 0 Å². The average molecular weight is 523 g/mol. The van der Waals surface area contributed by atoms with E-state index in [2.05, 4.69) is 158 Å². The van der Waals surface area contributed by atoms with Gasteiger partial charge in [0.1, 0.15) is 0 Å². The molecule has 0 nitrogen and oxygen atoms in total. The van der Waals surface area contributed by atoms with Crippen LogP contribution in [0.4, 0.5) is 0 Å². The van der Waals surface area contributed by atoms with Gasteiger partial charge >= 0.3 is 0 Å². The molecule has 0 fully saturated rings. The van der Waals surface area contributed by atoms with Gasteiger partial charge in [-0.1, -0.05) is 139 Å². The van der Waals surface area contributed by atoms with Crippen LogP contribution in [0.3, 0.4) is 0 Å². The van der Waals surface area contributed by atoms with E-state index in [0.717, 1.165) is 0 Å². The van der Waals surface area contributed by atoms with Crippen LogP contribution in [-0.4, -0.2) is 0 Å². The van der Waals surface area contributed by atoms with E-state index in [9.17, 15) is 0 Å². The summed E-state index contributed by atoms with van der Waals surface area (Å²) in [5, 5.41) is 0. The highest BCUT2D eigenvalue weighted by Crippen LogP contribution is 2.40. The minimum Gasteiger partial charge on any atom is -0.0901 e. The molecule has 0 radical (unpaired) electrons. The van der Waals surface area contributed by atoms with Gasteiger partial charge in [-0.3, -0.25) is 0 Å². The van der Waals surface area contributed by atoms with Crippen LogP contribution in [0.1, 0.15) is 0 Å². The van der Waals surface area contributed by atoms with Gasteiger partial charge in [-0.05, 0) is 75.8 Å². The minimum atomic E-state index is 1.23. The summed E-state index contributed by atoms with van der Waals surface area (Å²) >= 11 is 3.63. The molecule has 0 bridgehead atoms. The van der Waals surface area contributed by atoms with Crippen LogP contribution in [0, 0.1) is 0 Å². The second kappa shape index (κ2) is 11.6. The summed E-state index contributed by atoms with van der Waals surface area (Å²) in [4.78, 5) is 4.96. The molecule has 0 amide bonds. The Hall–Kier alpha value is -3.98. The van der Waals surface area contributed by atoms with Gasteiger partial charge < -0.3 is 0 Å². The fraction of sp³-hybridized carbons (Fsp3) is 0. The molecular weight excluding hydrogens is 497 g/mol. The summed E-state index contributed by atoms with van der Waals surface area (Å²) in [5.74, 6) is 0. The Kier molecular flexibility index (Phi) is 7.44. The molecule has 0 saturated carbocycles. The molecule has 0 aromatic heterocycles. The predicted molar refractivity (Wildman–Crippen MR) is 164 cm³/mol. The molecule has 0 N–H and O–H groups in total. The highest BCUT2D eigenvalue weighted by atomic mass is 32.2. The summed E-state index contributed by atoms with van der Waals surface area (Å²) in [5.41, 5.74) is 7.45. The van der Waals surface area contributed by atoms with Crippen molar-refractivity contribution in [2.75, 3.05) is 0 Å². The largest absolute Gasteiger partial charge is 0.0901 e. The summed E-state index contributed by atoms with van der Waals surface area (Å²) in [6.07, 6.45) is 0. The summed E-state index contributed by atoms with van der Waals surface area (Å²) in [6.45, 7) is 0. The van der Waals surface area contributed by atoms with Crippen molar-refractivity contribution < 1.29 is 0 Å². The van der Waals surface area contributed by atoms with Gasteiger partial charge in [0, 0.05) is 19.6 Å². The summed E-state index contributed by atoms with van der Waals surface area (Å²) in [6, 6.07) is 56.3. The Morgan fingerprint density at radius 2 is 0.789 bits per heavy atom. The van der Waals surface area contributed by atoms with Crippen molar-refractivity contribution in [3.8, 4) is 33.4 Å². The number of hydrogen-bond donors (Lipinski definition) is 0. The van der Waals surface area contributed by atoms with Gasteiger partial charge in [0.05, 0.1) is 0 Å². The first-order valence-electron chi connectivity index (χ1n) is 12.7. The Labute approximate surface area is 233 Å². The van der Waals surface area contributed by atoms with Crippen LogP contribution in [0.2, 0.25) is 0 Å². The Morgan fingerprint density at radius 3 is 1.45 bits per heavy atom. The van der Waals surface area contributed by atoms with Crippen LogP contribution >= 0.6 is 23.5 Å². The van der Waals surface area contributed by atoms with Gasteiger partial charge in [0.25, 0.3) is 0 Å². The monoisotopic (exact) mass is 522 g/mol. The summed E-state index contributed by atoms with van der Waals surface area (Å²) in [7, 11) is 0. The molecule has 0 atom stereocenters. The molecular formula is C36H26S2. The molecule has 0 aliphatic rings. The summed E-state index contributed by atoms with van der Waals surface area (Å²) < 4.78 is 0. The molecule has 6 rings (SSSR count). The second-order valence-corrected chi connectivity index (χ2v) is 11.3. The van der Waals surface area contributed by atoms with Gasteiger partial charge in [0.2, 0.25) is 0 Å². The molecule has 6 aromatic carbocycles. The maximum absolute atomic E-state index is 2.33. The molecule has 6 aromatic rings. The highest BCUT2D eigenvalue weighted by Gasteiger charge is 2.11. The minimum absolute atomic E-state index is 1.23. The molecule has 0 aliphatic heterocycles. The van der Waals surface area contributed by atoms with Gasteiger partial charge in [-0.2, -0.15) is 0 Å². The van der Waals surface area contributed by atoms with E-state index in [1.54, 1.807) is 11.8 Å². The maximum Gasteiger partial charge on any atom is 0.0201 e. The maximum atomic E-state index is 2.33. The van der Waals surface area contributed by atoms with Crippen LogP contribution in [-0.2, 0) is 0 Å². The molecule has 0 spiro atoms. The zero-order chi connectivity index (χ0) is 25.6. The fourth-order valence-electron chi connectivity index (χ4n) is 4.48. The molecule has 0 heterocycles. The Balaban J connectivity index is 1.29. The molecule has 2 heteroatoms. The van der Waals surface area contributed by atoms with Crippen molar-refractivity contribution >= 4 is 23.5 Å². The Morgan fingerprint density at radius 1 is 0.289 bits per heavy atom.